The number of hydrogen-bond donors (Lipinski definition) is 0. The fraction of sp³-hybridized carbons (Fsp3) is 0.600. The van der Waals surface area contributed by atoms with Crippen LogP contribution in [0.3, 0.4) is 0 Å². The lowest BCUT2D eigenvalue weighted by Gasteiger charge is -2.35. The summed E-state index contributed by atoms with van der Waals surface area (Å²) in [6.45, 7) is 12.2. The van der Waals surface area contributed by atoms with Crippen LogP contribution in [-0.2, 0) is 22.7 Å². The minimum atomic E-state index is -3.26. The number of methoxy groups -OCH3 is 1. The molecule has 0 saturated heterocycles. The fourth-order valence-electron chi connectivity index (χ4n) is 2.33. The van der Waals surface area contributed by atoms with Gasteiger partial charge in [0.2, 0.25) is 0 Å². The molecule has 0 N–H and O–H groups in total. The van der Waals surface area contributed by atoms with Gasteiger partial charge >= 0.3 is 7.60 Å². The molecule has 0 spiro atoms. The molecule has 0 aliphatic carbocycles. The Hall–Kier alpha value is -0.780. The Morgan fingerprint density at radius 3 is 1.83 bits per heavy atom. The third-order valence-electron chi connectivity index (χ3n) is 3.59. The molecule has 0 heterocycles. The van der Waals surface area contributed by atoms with E-state index in [0.29, 0.717) is 6.54 Å². The molecule has 0 fully saturated rings. The summed E-state index contributed by atoms with van der Waals surface area (Å²) in [6.07, 6.45) is 1.80. The van der Waals surface area contributed by atoms with Crippen LogP contribution >= 0.6 is 16.0 Å². The zero-order chi connectivity index (χ0) is 22.9. The summed E-state index contributed by atoms with van der Waals surface area (Å²) < 4.78 is 39.2. The minimum Gasteiger partial charge on any atom is -0.497 e. The van der Waals surface area contributed by atoms with Gasteiger partial charge in [0.15, 0.2) is 8.38 Å². The topological polar surface area (TPSA) is 66.5 Å². The molecule has 0 aromatic heterocycles. The molecule has 0 aliphatic rings. The molecule has 1 unspecified atom stereocenters. The van der Waals surface area contributed by atoms with Gasteiger partial charge in [-0.3, -0.25) is 9.46 Å². The second-order valence-electron chi connectivity index (χ2n) is 4.97. The molecule has 0 aliphatic heterocycles. The molecule has 1 rings (SSSR count). The summed E-state index contributed by atoms with van der Waals surface area (Å²) in [6, 6.07) is 7.58. The molecular formula is C20H39NO6P2. The van der Waals surface area contributed by atoms with Crippen LogP contribution in [0.25, 0.3) is 0 Å². The van der Waals surface area contributed by atoms with Gasteiger partial charge in [0.1, 0.15) is 17.8 Å². The van der Waals surface area contributed by atoms with Crippen molar-refractivity contribution < 1.29 is 27.4 Å². The van der Waals surface area contributed by atoms with Crippen molar-refractivity contribution in [2.24, 2.45) is 0 Å². The Labute approximate surface area is 178 Å². The predicted octanol–water partition coefficient (Wildman–Crippen LogP) is 6.28. The van der Waals surface area contributed by atoms with Crippen LogP contribution in [0.4, 0.5) is 0 Å². The van der Waals surface area contributed by atoms with Gasteiger partial charge in [0.05, 0.1) is 7.11 Å². The zero-order valence-electron chi connectivity index (χ0n) is 19.4. The van der Waals surface area contributed by atoms with E-state index in [1.54, 1.807) is 27.4 Å². The lowest BCUT2D eigenvalue weighted by Crippen LogP contribution is -2.30. The van der Waals surface area contributed by atoms with Crippen LogP contribution in [0.5, 0.6) is 5.75 Å². The van der Waals surface area contributed by atoms with Crippen molar-refractivity contribution in [2.75, 3.05) is 48.4 Å². The maximum atomic E-state index is 12.7. The smallest absolute Gasteiger partial charge is 0.344 e. The predicted molar refractivity (Wildman–Crippen MR) is 123 cm³/mol. The third-order valence-corrected chi connectivity index (χ3v) is 7.16. The van der Waals surface area contributed by atoms with Gasteiger partial charge in [-0.1, -0.05) is 45.9 Å². The Bertz CT molecular complexity index is 559. The van der Waals surface area contributed by atoms with Crippen LogP contribution in [0.2, 0.25) is 0 Å². The summed E-state index contributed by atoms with van der Waals surface area (Å²) in [5.41, 5.74) is 0.941. The normalized spacial score (nSPS) is 11.8. The molecular weight excluding hydrogens is 412 g/mol. The van der Waals surface area contributed by atoms with Crippen molar-refractivity contribution in [3.63, 3.8) is 0 Å². The van der Waals surface area contributed by atoms with Crippen molar-refractivity contribution in [1.29, 1.82) is 0 Å². The first-order valence-electron chi connectivity index (χ1n) is 9.55. The van der Waals surface area contributed by atoms with Gasteiger partial charge in [-0.05, 0) is 17.7 Å². The number of hydrogen-bond acceptors (Lipinski definition) is 7. The first kappa shape index (κ1) is 30.4. The van der Waals surface area contributed by atoms with E-state index in [-0.39, 0.29) is 12.1 Å². The van der Waals surface area contributed by atoms with Crippen LogP contribution in [0, 0.1) is 0 Å². The molecule has 0 bridgehead atoms. The molecule has 170 valence electrons. The second-order valence-corrected chi connectivity index (χ2v) is 9.00. The van der Waals surface area contributed by atoms with Gasteiger partial charge < -0.3 is 22.8 Å². The van der Waals surface area contributed by atoms with Gasteiger partial charge in [-0.25, -0.2) is 0 Å². The van der Waals surface area contributed by atoms with Crippen molar-refractivity contribution >= 4 is 16.0 Å². The fourth-order valence-corrected chi connectivity index (χ4v) is 4.97. The summed E-state index contributed by atoms with van der Waals surface area (Å²) in [5, 5.41) is 0. The summed E-state index contributed by atoms with van der Waals surface area (Å²) in [7, 11) is 2.94. The van der Waals surface area contributed by atoms with E-state index in [1.165, 1.54) is 14.2 Å². The van der Waals surface area contributed by atoms with E-state index in [4.69, 9.17) is 22.8 Å². The number of ether oxygens (including phenoxy) is 1. The average molecular weight is 451 g/mol. The SMILES string of the molecule is C=CCN(CP(=O)(OC)OC)C(c1ccc(OC)cc1)P(OC)OC.CC.CC. The third kappa shape index (κ3) is 10.2. The molecule has 9 heteroatoms. The van der Waals surface area contributed by atoms with Gasteiger partial charge in [0, 0.05) is 35.0 Å². The van der Waals surface area contributed by atoms with Crippen molar-refractivity contribution in [3.05, 3.63) is 42.5 Å². The van der Waals surface area contributed by atoms with Crippen LogP contribution in [0.1, 0.15) is 39.0 Å². The standard InChI is InChI=1S/C16H27NO6P2.2C2H6/c1-7-12-17(13-25(18,22-5)23-6)16(24(20-3)21-4)14-8-10-15(19-2)11-9-14;2*1-2/h7-11,16H,1,12-13H2,2-6H3;2*1-2H3. The quantitative estimate of drug-likeness (QED) is 0.274. The van der Waals surface area contributed by atoms with Crippen LogP contribution in [-0.4, -0.2) is 53.3 Å². The van der Waals surface area contributed by atoms with Crippen molar-refractivity contribution in [2.45, 2.75) is 33.5 Å². The Morgan fingerprint density at radius 1 is 1.00 bits per heavy atom. The van der Waals surface area contributed by atoms with Gasteiger partial charge in [-0.2, -0.15) is 0 Å². The first-order chi connectivity index (χ1) is 14.0. The van der Waals surface area contributed by atoms with E-state index >= 15 is 0 Å². The second kappa shape index (κ2) is 18.0. The maximum absolute atomic E-state index is 12.7. The maximum Gasteiger partial charge on any atom is 0.344 e. The van der Waals surface area contributed by atoms with Crippen molar-refractivity contribution in [3.8, 4) is 5.75 Å². The molecule has 0 radical (unpaired) electrons. The first-order valence-corrected chi connectivity index (χ1v) is 12.5. The zero-order valence-corrected chi connectivity index (χ0v) is 21.2. The molecule has 0 saturated carbocycles. The van der Waals surface area contributed by atoms with E-state index in [2.05, 4.69) is 6.58 Å². The molecule has 7 nitrogen and oxygen atoms in total. The van der Waals surface area contributed by atoms with E-state index in [9.17, 15) is 4.57 Å². The lowest BCUT2D eigenvalue weighted by atomic mass is 10.2. The van der Waals surface area contributed by atoms with Gasteiger partial charge in [-0.15, -0.1) is 6.58 Å². The average Bonchev–Trinajstić information content (AvgIpc) is 2.80. The highest BCUT2D eigenvalue weighted by Gasteiger charge is 2.35. The highest BCUT2D eigenvalue weighted by molar-refractivity contribution is 7.53. The van der Waals surface area contributed by atoms with E-state index < -0.39 is 16.0 Å². The lowest BCUT2D eigenvalue weighted by molar-refractivity contribution is 0.219. The van der Waals surface area contributed by atoms with Crippen LogP contribution < -0.4 is 4.74 Å². The monoisotopic (exact) mass is 451 g/mol. The highest BCUT2D eigenvalue weighted by Crippen LogP contribution is 2.57. The molecule has 0 amide bonds. The molecule has 1 aromatic carbocycles. The van der Waals surface area contributed by atoms with E-state index in [0.717, 1.165) is 11.3 Å². The summed E-state index contributed by atoms with van der Waals surface area (Å²) in [4.78, 5) is 1.92. The number of nitrogens with zero attached hydrogens (tertiary/aromatic N) is 1. The summed E-state index contributed by atoms with van der Waals surface area (Å²) >= 11 is 0. The molecule has 29 heavy (non-hydrogen) atoms. The van der Waals surface area contributed by atoms with Crippen molar-refractivity contribution in [1.82, 2.24) is 4.90 Å². The number of rotatable bonds is 12. The molecule has 1 atom stereocenters. The molecule has 1 aromatic rings. The van der Waals surface area contributed by atoms with E-state index in [1.807, 2.05) is 56.9 Å². The minimum absolute atomic E-state index is 0.0776. The Balaban J connectivity index is 0. The van der Waals surface area contributed by atoms with Gasteiger partial charge in [0.25, 0.3) is 0 Å². The van der Waals surface area contributed by atoms with Crippen LogP contribution in [0.15, 0.2) is 36.9 Å². The number of benzene rings is 1. The summed E-state index contributed by atoms with van der Waals surface area (Å²) in [5.74, 6) is 0.462. The Morgan fingerprint density at radius 2 is 1.48 bits per heavy atom. The Kier molecular flexibility index (Phi) is 18.9. The highest BCUT2D eigenvalue weighted by atomic mass is 31.2. The largest absolute Gasteiger partial charge is 0.497 e.